The van der Waals surface area contributed by atoms with Crippen LogP contribution in [0.25, 0.3) is 0 Å². The third-order valence-corrected chi connectivity index (χ3v) is 3.29. The highest BCUT2D eigenvalue weighted by molar-refractivity contribution is 5.59. The molecule has 4 heteroatoms. The molecule has 0 aliphatic rings. The van der Waals surface area contributed by atoms with Crippen LogP contribution in [-0.2, 0) is 0 Å². The van der Waals surface area contributed by atoms with Crippen LogP contribution in [0.5, 0.6) is 11.5 Å². The zero-order valence-corrected chi connectivity index (χ0v) is 11.8. The van der Waals surface area contributed by atoms with Gasteiger partial charge in [-0.25, -0.2) is 0 Å². The van der Waals surface area contributed by atoms with Crippen molar-refractivity contribution in [1.29, 1.82) is 0 Å². The van der Waals surface area contributed by atoms with Gasteiger partial charge < -0.3 is 19.9 Å². The second-order valence-corrected chi connectivity index (χ2v) is 4.93. The van der Waals surface area contributed by atoms with Gasteiger partial charge in [0.05, 0.1) is 25.5 Å². The van der Waals surface area contributed by atoms with Gasteiger partial charge in [-0.05, 0) is 25.0 Å². The van der Waals surface area contributed by atoms with Crippen molar-refractivity contribution in [2.24, 2.45) is 5.92 Å². The summed E-state index contributed by atoms with van der Waals surface area (Å²) in [7, 11) is 3.23. The Labute approximate surface area is 109 Å². The van der Waals surface area contributed by atoms with E-state index in [0.717, 1.165) is 11.4 Å². The topological polar surface area (TPSA) is 50.7 Å². The smallest absolute Gasteiger partial charge is 0.145 e. The van der Waals surface area contributed by atoms with E-state index in [2.05, 4.69) is 5.32 Å². The third kappa shape index (κ3) is 3.53. The van der Waals surface area contributed by atoms with E-state index in [-0.39, 0.29) is 5.92 Å². The predicted molar refractivity (Wildman–Crippen MR) is 73.5 cm³/mol. The zero-order chi connectivity index (χ0) is 13.8. The average Bonchev–Trinajstić information content (AvgIpc) is 2.35. The van der Waals surface area contributed by atoms with Crippen molar-refractivity contribution in [2.75, 3.05) is 26.1 Å². The summed E-state index contributed by atoms with van der Waals surface area (Å²) in [6.07, 6.45) is 0. The quantitative estimate of drug-likeness (QED) is 0.818. The van der Waals surface area contributed by atoms with Crippen LogP contribution in [0.2, 0.25) is 0 Å². The highest BCUT2D eigenvalue weighted by atomic mass is 16.5. The fraction of sp³-hybridized carbons (Fsp3) is 0.571. The molecule has 1 rings (SSSR count). The Morgan fingerprint density at radius 1 is 1.28 bits per heavy atom. The molecule has 4 nitrogen and oxygen atoms in total. The van der Waals surface area contributed by atoms with Gasteiger partial charge in [-0.15, -0.1) is 0 Å². The first-order valence-electron chi connectivity index (χ1n) is 6.09. The summed E-state index contributed by atoms with van der Waals surface area (Å²) in [5, 5.41) is 13.4. The molecule has 0 bridgehead atoms. The molecule has 0 saturated carbocycles. The van der Waals surface area contributed by atoms with Crippen LogP contribution in [0.1, 0.15) is 20.8 Å². The molecule has 0 spiro atoms. The van der Waals surface area contributed by atoms with Gasteiger partial charge in [0.2, 0.25) is 0 Å². The zero-order valence-electron chi connectivity index (χ0n) is 11.8. The maximum atomic E-state index is 10.2. The molecular formula is C14H23NO3. The van der Waals surface area contributed by atoms with E-state index >= 15 is 0 Å². The second-order valence-electron chi connectivity index (χ2n) is 4.93. The summed E-state index contributed by atoms with van der Waals surface area (Å²) < 4.78 is 10.4. The third-order valence-electron chi connectivity index (χ3n) is 3.29. The fourth-order valence-electron chi connectivity index (χ4n) is 1.42. The molecule has 1 aromatic rings. The molecule has 0 heterocycles. The first-order valence-corrected chi connectivity index (χ1v) is 6.09. The lowest BCUT2D eigenvalue weighted by Crippen LogP contribution is -2.38. The highest BCUT2D eigenvalue weighted by Crippen LogP contribution is 2.29. The summed E-state index contributed by atoms with van der Waals surface area (Å²) in [5.74, 6) is 1.62. The summed E-state index contributed by atoms with van der Waals surface area (Å²) in [4.78, 5) is 0. The van der Waals surface area contributed by atoms with Crippen molar-refractivity contribution in [1.82, 2.24) is 0 Å². The van der Waals surface area contributed by atoms with Gasteiger partial charge in [0, 0.05) is 12.6 Å². The van der Waals surface area contributed by atoms with Crippen LogP contribution < -0.4 is 14.8 Å². The molecule has 1 aromatic carbocycles. The number of nitrogens with one attached hydrogen (secondary N) is 1. The van der Waals surface area contributed by atoms with Crippen LogP contribution >= 0.6 is 0 Å². The van der Waals surface area contributed by atoms with E-state index in [1.54, 1.807) is 14.2 Å². The van der Waals surface area contributed by atoms with Crippen molar-refractivity contribution < 1.29 is 14.6 Å². The van der Waals surface area contributed by atoms with Crippen molar-refractivity contribution >= 4 is 5.69 Å². The van der Waals surface area contributed by atoms with E-state index in [1.807, 2.05) is 39.0 Å². The van der Waals surface area contributed by atoms with Crippen molar-refractivity contribution in [2.45, 2.75) is 26.4 Å². The number of anilines is 1. The summed E-state index contributed by atoms with van der Waals surface area (Å²) >= 11 is 0. The minimum absolute atomic E-state index is 0.175. The number of rotatable bonds is 6. The highest BCUT2D eigenvalue weighted by Gasteiger charge is 2.24. The Morgan fingerprint density at radius 2 is 1.94 bits per heavy atom. The van der Waals surface area contributed by atoms with Crippen molar-refractivity contribution in [3.05, 3.63) is 18.2 Å². The number of ether oxygens (including phenoxy) is 2. The molecule has 102 valence electrons. The molecule has 0 aliphatic heterocycles. The lowest BCUT2D eigenvalue weighted by atomic mass is 9.92. The van der Waals surface area contributed by atoms with Crippen LogP contribution in [-0.4, -0.2) is 31.5 Å². The standard InChI is InChI=1S/C14H23NO3/c1-10(2)14(3,16)9-15-12-7-6-11(17-4)8-13(12)18-5/h6-8,10,15-16H,9H2,1-5H3. The molecule has 0 saturated heterocycles. The summed E-state index contributed by atoms with van der Waals surface area (Å²) in [5.41, 5.74) is 0.0875. The molecule has 18 heavy (non-hydrogen) atoms. The molecule has 1 unspecified atom stereocenters. The Kier molecular flexibility index (Phi) is 4.84. The number of methoxy groups -OCH3 is 2. The fourth-order valence-corrected chi connectivity index (χ4v) is 1.42. The van der Waals surface area contributed by atoms with E-state index in [9.17, 15) is 5.11 Å². The Morgan fingerprint density at radius 3 is 2.44 bits per heavy atom. The minimum atomic E-state index is -0.759. The number of hydrogen-bond donors (Lipinski definition) is 2. The molecule has 0 aromatic heterocycles. The Hall–Kier alpha value is -1.42. The maximum absolute atomic E-state index is 10.2. The lowest BCUT2D eigenvalue weighted by Gasteiger charge is -2.28. The van der Waals surface area contributed by atoms with E-state index in [4.69, 9.17) is 9.47 Å². The van der Waals surface area contributed by atoms with Gasteiger partial charge in [0.25, 0.3) is 0 Å². The average molecular weight is 253 g/mol. The molecule has 2 N–H and O–H groups in total. The number of benzene rings is 1. The lowest BCUT2D eigenvalue weighted by molar-refractivity contribution is 0.0266. The Bertz CT molecular complexity index is 389. The van der Waals surface area contributed by atoms with Crippen LogP contribution in [0.15, 0.2) is 18.2 Å². The molecule has 0 radical (unpaired) electrons. The number of hydrogen-bond acceptors (Lipinski definition) is 4. The summed E-state index contributed by atoms with van der Waals surface area (Å²) in [6, 6.07) is 5.55. The first kappa shape index (κ1) is 14.6. The second kappa shape index (κ2) is 5.96. The van der Waals surface area contributed by atoms with E-state index in [0.29, 0.717) is 12.3 Å². The van der Waals surface area contributed by atoms with Gasteiger partial charge >= 0.3 is 0 Å². The van der Waals surface area contributed by atoms with E-state index in [1.165, 1.54) is 0 Å². The van der Waals surface area contributed by atoms with Crippen molar-refractivity contribution in [3.8, 4) is 11.5 Å². The number of aliphatic hydroxyl groups is 1. The van der Waals surface area contributed by atoms with Gasteiger partial charge in [0.1, 0.15) is 11.5 Å². The maximum Gasteiger partial charge on any atom is 0.145 e. The molecule has 0 aliphatic carbocycles. The monoisotopic (exact) mass is 253 g/mol. The molecule has 1 atom stereocenters. The van der Waals surface area contributed by atoms with Crippen molar-refractivity contribution in [3.63, 3.8) is 0 Å². The van der Waals surface area contributed by atoms with Gasteiger partial charge in [0.15, 0.2) is 0 Å². The van der Waals surface area contributed by atoms with Crippen LogP contribution in [0.4, 0.5) is 5.69 Å². The SMILES string of the molecule is COc1ccc(NCC(C)(O)C(C)C)c(OC)c1. The normalized spacial score (nSPS) is 14.2. The van der Waals surface area contributed by atoms with Crippen LogP contribution in [0, 0.1) is 5.92 Å². The first-order chi connectivity index (χ1) is 8.40. The molecule has 0 amide bonds. The van der Waals surface area contributed by atoms with E-state index < -0.39 is 5.60 Å². The Balaban J connectivity index is 2.79. The summed E-state index contributed by atoms with van der Waals surface area (Å²) in [6.45, 7) is 6.27. The van der Waals surface area contributed by atoms with Crippen LogP contribution in [0.3, 0.4) is 0 Å². The molecular weight excluding hydrogens is 230 g/mol. The van der Waals surface area contributed by atoms with Gasteiger partial charge in [-0.1, -0.05) is 13.8 Å². The van der Waals surface area contributed by atoms with Gasteiger partial charge in [-0.3, -0.25) is 0 Å². The van der Waals surface area contributed by atoms with Gasteiger partial charge in [-0.2, -0.15) is 0 Å². The minimum Gasteiger partial charge on any atom is -0.497 e. The predicted octanol–water partition coefficient (Wildman–Crippen LogP) is 2.52. The largest absolute Gasteiger partial charge is 0.497 e. The molecule has 0 fully saturated rings.